The number of ether oxygens (including phenoxy) is 1. The lowest BCUT2D eigenvalue weighted by Crippen LogP contribution is -2.55. The van der Waals surface area contributed by atoms with E-state index in [1.54, 1.807) is 0 Å². The zero-order valence-electron chi connectivity index (χ0n) is 17.2. The van der Waals surface area contributed by atoms with E-state index in [4.69, 9.17) is 4.74 Å². The van der Waals surface area contributed by atoms with Crippen LogP contribution in [0.15, 0.2) is 28.6 Å². The van der Waals surface area contributed by atoms with Gasteiger partial charge in [0.15, 0.2) is 4.34 Å². The molecule has 2 heterocycles. The Morgan fingerprint density at radius 3 is 2.79 bits per heavy atom. The van der Waals surface area contributed by atoms with Crippen molar-refractivity contribution < 1.29 is 9.53 Å². The number of para-hydroxylation sites is 1. The van der Waals surface area contributed by atoms with Gasteiger partial charge in [-0.2, -0.15) is 0 Å². The van der Waals surface area contributed by atoms with Crippen molar-refractivity contribution in [3.8, 4) is 0 Å². The van der Waals surface area contributed by atoms with Crippen LogP contribution in [-0.4, -0.2) is 65.1 Å². The predicted octanol–water partition coefficient (Wildman–Crippen LogP) is 3.16. The van der Waals surface area contributed by atoms with Gasteiger partial charge in [0.05, 0.1) is 19.0 Å². The van der Waals surface area contributed by atoms with Gasteiger partial charge in [-0.25, -0.2) is 0 Å². The van der Waals surface area contributed by atoms with Gasteiger partial charge in [0, 0.05) is 30.9 Å². The third kappa shape index (κ3) is 6.40. The lowest BCUT2D eigenvalue weighted by Gasteiger charge is -2.40. The van der Waals surface area contributed by atoms with Crippen molar-refractivity contribution in [2.24, 2.45) is 0 Å². The van der Waals surface area contributed by atoms with Crippen molar-refractivity contribution in [3.05, 3.63) is 29.8 Å². The Morgan fingerprint density at radius 1 is 1.28 bits per heavy atom. The van der Waals surface area contributed by atoms with Crippen molar-refractivity contribution in [2.45, 2.75) is 37.1 Å². The monoisotopic (exact) mass is 435 g/mol. The number of hydrogen-bond acceptors (Lipinski definition) is 8. The maximum atomic E-state index is 12.3. The quantitative estimate of drug-likeness (QED) is 0.586. The highest BCUT2D eigenvalue weighted by Crippen LogP contribution is 2.29. The van der Waals surface area contributed by atoms with Gasteiger partial charge >= 0.3 is 0 Å². The maximum Gasteiger partial charge on any atom is 0.230 e. The number of aromatic nitrogens is 2. The maximum absolute atomic E-state index is 12.3. The van der Waals surface area contributed by atoms with E-state index < -0.39 is 0 Å². The second kappa shape index (κ2) is 10.4. The van der Waals surface area contributed by atoms with Gasteiger partial charge in [0.2, 0.25) is 11.0 Å². The molecule has 1 amide bonds. The summed E-state index contributed by atoms with van der Waals surface area (Å²) in [5.74, 6) is 0.344. The van der Waals surface area contributed by atoms with Crippen molar-refractivity contribution >= 4 is 39.8 Å². The van der Waals surface area contributed by atoms with Gasteiger partial charge < -0.3 is 15.4 Å². The van der Waals surface area contributed by atoms with E-state index in [0.29, 0.717) is 12.3 Å². The smallest absolute Gasteiger partial charge is 0.230 e. The van der Waals surface area contributed by atoms with Gasteiger partial charge in [-0.05, 0) is 31.9 Å². The molecular weight excluding hydrogens is 406 g/mol. The highest BCUT2D eigenvalue weighted by atomic mass is 32.2. The number of nitrogens with zero attached hydrogens (tertiary/aromatic N) is 3. The molecule has 2 N–H and O–H groups in total. The molecule has 1 saturated heterocycles. The van der Waals surface area contributed by atoms with Crippen LogP contribution in [0.5, 0.6) is 0 Å². The second-order valence-electron chi connectivity index (χ2n) is 7.49. The van der Waals surface area contributed by atoms with E-state index in [-0.39, 0.29) is 11.4 Å². The Balaban J connectivity index is 1.45. The molecule has 1 aliphatic rings. The van der Waals surface area contributed by atoms with Crippen LogP contribution in [-0.2, 0) is 16.0 Å². The minimum atomic E-state index is -0.0867. The molecule has 0 aliphatic carbocycles. The number of morpholine rings is 1. The fraction of sp³-hybridized carbons (Fsp3) is 0.550. The molecule has 1 aliphatic heterocycles. The molecule has 29 heavy (non-hydrogen) atoms. The molecule has 2 aromatic rings. The number of benzene rings is 1. The zero-order valence-corrected chi connectivity index (χ0v) is 18.9. The van der Waals surface area contributed by atoms with Crippen molar-refractivity contribution in [1.82, 2.24) is 20.4 Å². The van der Waals surface area contributed by atoms with Gasteiger partial charge in [-0.15, -0.1) is 10.2 Å². The Hall–Kier alpha value is -1.68. The summed E-state index contributed by atoms with van der Waals surface area (Å²) in [5.41, 5.74) is 2.20. The molecule has 0 atom stereocenters. The number of rotatable bonds is 9. The minimum Gasteiger partial charge on any atom is -0.379 e. The predicted molar refractivity (Wildman–Crippen MR) is 119 cm³/mol. The first-order valence-corrected chi connectivity index (χ1v) is 11.7. The van der Waals surface area contributed by atoms with Crippen LogP contribution in [0, 0.1) is 0 Å². The van der Waals surface area contributed by atoms with Crippen LogP contribution < -0.4 is 10.6 Å². The number of hydrogen-bond donors (Lipinski definition) is 2. The number of thioether (sulfide) groups is 1. The SMILES string of the molecule is CCc1ccccc1Nc1nnc(SCC(=O)NCC(C)(C)N2CCOCC2)s1. The van der Waals surface area contributed by atoms with E-state index in [0.717, 1.165) is 47.9 Å². The van der Waals surface area contributed by atoms with Gasteiger partial charge in [0.25, 0.3) is 0 Å². The molecule has 3 rings (SSSR count). The molecule has 7 nitrogen and oxygen atoms in total. The molecular formula is C20H29N5O2S2. The van der Waals surface area contributed by atoms with Crippen LogP contribution in [0.25, 0.3) is 0 Å². The Bertz CT molecular complexity index is 806. The highest BCUT2D eigenvalue weighted by Gasteiger charge is 2.28. The fourth-order valence-corrected chi connectivity index (χ4v) is 4.75. The van der Waals surface area contributed by atoms with E-state index in [2.05, 4.69) is 52.6 Å². The third-order valence-corrected chi connectivity index (χ3v) is 6.93. The normalized spacial score (nSPS) is 15.3. The zero-order chi connectivity index (χ0) is 20.7. The fourth-order valence-electron chi connectivity index (χ4n) is 3.16. The van der Waals surface area contributed by atoms with Gasteiger partial charge in [0.1, 0.15) is 0 Å². The summed E-state index contributed by atoms with van der Waals surface area (Å²) in [6.07, 6.45) is 0.949. The number of carbonyl (C=O) groups excluding carboxylic acids is 1. The number of carbonyl (C=O) groups is 1. The Kier molecular flexibility index (Phi) is 7.88. The summed E-state index contributed by atoms with van der Waals surface area (Å²) < 4.78 is 6.19. The largest absolute Gasteiger partial charge is 0.379 e. The van der Waals surface area contributed by atoms with Crippen molar-refractivity contribution in [2.75, 3.05) is 43.9 Å². The summed E-state index contributed by atoms with van der Waals surface area (Å²) >= 11 is 2.88. The molecule has 0 saturated carbocycles. The molecule has 0 radical (unpaired) electrons. The van der Waals surface area contributed by atoms with Gasteiger partial charge in [-0.1, -0.05) is 48.2 Å². The number of nitrogens with one attached hydrogen (secondary N) is 2. The van der Waals surface area contributed by atoms with Crippen LogP contribution in [0.4, 0.5) is 10.8 Å². The molecule has 158 valence electrons. The van der Waals surface area contributed by atoms with Crippen LogP contribution in [0.1, 0.15) is 26.3 Å². The molecule has 0 unspecified atom stereocenters. The molecule has 1 aromatic carbocycles. The van der Waals surface area contributed by atoms with E-state index in [1.165, 1.54) is 28.7 Å². The first-order valence-electron chi connectivity index (χ1n) is 9.88. The van der Waals surface area contributed by atoms with E-state index >= 15 is 0 Å². The van der Waals surface area contributed by atoms with Crippen LogP contribution in [0.2, 0.25) is 0 Å². The molecule has 0 bridgehead atoms. The average molecular weight is 436 g/mol. The lowest BCUT2D eigenvalue weighted by atomic mass is 10.0. The van der Waals surface area contributed by atoms with Gasteiger partial charge in [-0.3, -0.25) is 9.69 Å². The number of anilines is 2. The lowest BCUT2D eigenvalue weighted by molar-refractivity contribution is -0.119. The number of amides is 1. The summed E-state index contributed by atoms with van der Waals surface area (Å²) in [4.78, 5) is 14.7. The highest BCUT2D eigenvalue weighted by molar-refractivity contribution is 8.01. The Morgan fingerprint density at radius 2 is 2.03 bits per heavy atom. The standard InChI is InChI=1S/C20H29N5O2S2/c1-4-15-7-5-6-8-16(15)22-18-23-24-19(29-18)28-13-17(26)21-14-20(2,3)25-9-11-27-12-10-25/h5-8H,4,9-14H2,1-3H3,(H,21,26)(H,22,23). The minimum absolute atomic E-state index is 0.0115. The average Bonchev–Trinajstić information content (AvgIpc) is 3.19. The van der Waals surface area contributed by atoms with Crippen LogP contribution in [0.3, 0.4) is 0 Å². The van der Waals surface area contributed by atoms with E-state index in [1.807, 2.05) is 18.2 Å². The molecule has 1 aromatic heterocycles. The molecule has 1 fully saturated rings. The second-order valence-corrected chi connectivity index (χ2v) is 9.69. The first-order chi connectivity index (χ1) is 14.0. The first kappa shape index (κ1) is 22.0. The summed E-state index contributed by atoms with van der Waals surface area (Å²) in [6.45, 7) is 10.4. The number of aryl methyl sites for hydroxylation is 1. The molecule has 0 spiro atoms. The van der Waals surface area contributed by atoms with Crippen molar-refractivity contribution in [1.29, 1.82) is 0 Å². The summed E-state index contributed by atoms with van der Waals surface area (Å²) in [7, 11) is 0. The summed E-state index contributed by atoms with van der Waals surface area (Å²) in [5, 5.41) is 15.5. The van der Waals surface area contributed by atoms with Crippen LogP contribution >= 0.6 is 23.1 Å². The Labute approximate surface area is 180 Å². The topological polar surface area (TPSA) is 79.4 Å². The van der Waals surface area contributed by atoms with Crippen molar-refractivity contribution in [3.63, 3.8) is 0 Å². The summed E-state index contributed by atoms with van der Waals surface area (Å²) in [6, 6.07) is 8.17. The van der Waals surface area contributed by atoms with E-state index in [9.17, 15) is 4.79 Å². The third-order valence-electron chi connectivity index (χ3n) is 4.96. The molecule has 9 heteroatoms.